The van der Waals surface area contributed by atoms with Crippen molar-refractivity contribution in [3.63, 3.8) is 0 Å². The van der Waals surface area contributed by atoms with Gasteiger partial charge in [-0.15, -0.1) is 0 Å². The SMILES string of the molecule is COc1ccc(CO[C@@H]2O[C@@H](C)[C@H](OCc3ccccc3)[C@@H](O[C@@H]3O[C@H](CO)[C@@H](O)[C@H](O)[C@@H]3NC(C)=O)[C@H]2OCc2ccccc2)cc1. The molecule has 0 unspecified atom stereocenters. The molecule has 0 bridgehead atoms. The molecule has 2 aliphatic heterocycles. The van der Waals surface area contributed by atoms with Gasteiger partial charge < -0.3 is 53.8 Å². The standard InChI is InChI=1S/C36H45NO11/c1-22-32(43-19-24-10-6-4-7-11-24)33(48-35-29(37-23(2)39)31(41)30(40)28(18-38)47-35)34(44-20-25-12-8-5-9-13-25)36(46-22)45-21-26-14-16-27(42-3)17-15-26/h4-17,22,28-36,38,40-41H,18-21H2,1-3H3,(H,37,39)/t22-,28+,29-,30+,31+,32-,33+,34+,35-,36+/m0/s1. The molecule has 2 aliphatic rings. The number of carbonyl (C=O) groups excluding carboxylic acids is 1. The second kappa shape index (κ2) is 17.3. The zero-order valence-corrected chi connectivity index (χ0v) is 27.3. The molecule has 3 aromatic rings. The highest BCUT2D eigenvalue weighted by Gasteiger charge is 2.52. The van der Waals surface area contributed by atoms with E-state index >= 15 is 0 Å². The summed E-state index contributed by atoms with van der Waals surface area (Å²) in [7, 11) is 1.60. The molecule has 0 aromatic heterocycles. The van der Waals surface area contributed by atoms with Gasteiger partial charge in [0.2, 0.25) is 5.91 Å². The molecule has 5 rings (SSSR count). The minimum atomic E-state index is -1.50. The number of nitrogens with one attached hydrogen (secondary N) is 1. The molecule has 260 valence electrons. The van der Waals surface area contributed by atoms with E-state index in [4.69, 9.17) is 33.2 Å². The van der Waals surface area contributed by atoms with Crippen molar-refractivity contribution in [2.75, 3.05) is 13.7 Å². The van der Waals surface area contributed by atoms with Gasteiger partial charge in [-0.1, -0.05) is 72.8 Å². The van der Waals surface area contributed by atoms with Crippen molar-refractivity contribution in [2.45, 2.75) is 95.0 Å². The molecule has 0 aliphatic carbocycles. The quantitative estimate of drug-likeness (QED) is 0.201. The van der Waals surface area contributed by atoms with Gasteiger partial charge in [-0.3, -0.25) is 4.79 Å². The number of benzene rings is 3. The summed E-state index contributed by atoms with van der Waals surface area (Å²) in [6.07, 6.45) is -9.59. The first-order valence-electron chi connectivity index (χ1n) is 16.0. The number of amides is 1. The lowest BCUT2D eigenvalue weighted by molar-refractivity contribution is -0.356. The van der Waals surface area contributed by atoms with Crippen LogP contribution in [0.1, 0.15) is 30.5 Å². The van der Waals surface area contributed by atoms with Crippen LogP contribution in [0.25, 0.3) is 0 Å². The van der Waals surface area contributed by atoms with E-state index in [1.165, 1.54) is 6.92 Å². The van der Waals surface area contributed by atoms with E-state index in [1.54, 1.807) is 7.11 Å². The molecule has 2 heterocycles. The summed E-state index contributed by atoms with van der Waals surface area (Å²) < 4.78 is 43.7. The number of ether oxygens (including phenoxy) is 7. The molecule has 12 nitrogen and oxygen atoms in total. The zero-order chi connectivity index (χ0) is 34.0. The normalized spacial score (nSPS) is 30.5. The first-order valence-corrected chi connectivity index (χ1v) is 16.0. The van der Waals surface area contributed by atoms with Crippen molar-refractivity contribution in [2.24, 2.45) is 0 Å². The highest BCUT2D eigenvalue weighted by Crippen LogP contribution is 2.34. The van der Waals surface area contributed by atoms with Crippen LogP contribution >= 0.6 is 0 Å². The van der Waals surface area contributed by atoms with Crippen molar-refractivity contribution >= 4 is 5.91 Å². The van der Waals surface area contributed by atoms with E-state index in [9.17, 15) is 20.1 Å². The molecule has 2 fully saturated rings. The van der Waals surface area contributed by atoms with Gasteiger partial charge in [0.25, 0.3) is 0 Å². The Morgan fingerprint density at radius 3 is 1.85 bits per heavy atom. The van der Waals surface area contributed by atoms with Gasteiger partial charge in [0.1, 0.15) is 48.4 Å². The van der Waals surface area contributed by atoms with Gasteiger partial charge in [-0.25, -0.2) is 0 Å². The molecule has 0 radical (unpaired) electrons. The van der Waals surface area contributed by atoms with Crippen LogP contribution in [0.15, 0.2) is 84.9 Å². The average molecular weight is 668 g/mol. The Morgan fingerprint density at radius 2 is 1.29 bits per heavy atom. The van der Waals surface area contributed by atoms with Gasteiger partial charge in [-0.05, 0) is 35.7 Å². The Bertz CT molecular complexity index is 1400. The molecular weight excluding hydrogens is 622 g/mol. The third kappa shape index (κ3) is 9.17. The minimum absolute atomic E-state index is 0.179. The smallest absolute Gasteiger partial charge is 0.217 e. The van der Waals surface area contributed by atoms with Crippen LogP contribution in [0.2, 0.25) is 0 Å². The van der Waals surface area contributed by atoms with Crippen molar-refractivity contribution < 1.29 is 53.3 Å². The van der Waals surface area contributed by atoms with Gasteiger partial charge in [0, 0.05) is 6.92 Å². The van der Waals surface area contributed by atoms with Crippen LogP contribution in [-0.2, 0) is 53.0 Å². The summed E-state index contributed by atoms with van der Waals surface area (Å²) in [6.45, 7) is 3.11. The van der Waals surface area contributed by atoms with E-state index in [0.717, 1.165) is 16.7 Å². The number of rotatable bonds is 14. The largest absolute Gasteiger partial charge is 0.497 e. The second-order valence-corrected chi connectivity index (χ2v) is 11.9. The molecule has 0 saturated carbocycles. The number of methoxy groups -OCH3 is 1. The van der Waals surface area contributed by atoms with E-state index in [-0.39, 0.29) is 19.8 Å². The van der Waals surface area contributed by atoms with E-state index in [0.29, 0.717) is 5.75 Å². The first kappa shape index (κ1) is 35.9. The van der Waals surface area contributed by atoms with Crippen molar-refractivity contribution in [1.29, 1.82) is 0 Å². The van der Waals surface area contributed by atoms with Crippen LogP contribution in [0.5, 0.6) is 5.75 Å². The number of hydrogen-bond acceptors (Lipinski definition) is 11. The molecule has 0 spiro atoms. The maximum absolute atomic E-state index is 12.2. The maximum Gasteiger partial charge on any atom is 0.217 e. The number of carbonyl (C=O) groups is 1. The third-order valence-electron chi connectivity index (χ3n) is 8.41. The second-order valence-electron chi connectivity index (χ2n) is 11.9. The predicted molar refractivity (Wildman–Crippen MR) is 172 cm³/mol. The Morgan fingerprint density at radius 1 is 0.729 bits per heavy atom. The zero-order valence-electron chi connectivity index (χ0n) is 27.3. The topological polar surface area (TPSA) is 154 Å². The lowest BCUT2D eigenvalue weighted by atomic mass is 9.95. The Labute approximate surface area is 280 Å². The molecule has 1 amide bonds. The summed E-state index contributed by atoms with van der Waals surface area (Å²) in [4.78, 5) is 12.2. The van der Waals surface area contributed by atoms with Crippen LogP contribution in [0.3, 0.4) is 0 Å². The van der Waals surface area contributed by atoms with Crippen LogP contribution in [-0.4, -0.2) is 96.3 Å². The summed E-state index contributed by atoms with van der Waals surface area (Å²) >= 11 is 0. The van der Waals surface area contributed by atoms with Gasteiger partial charge in [0.05, 0.1) is 39.6 Å². The van der Waals surface area contributed by atoms with E-state index in [2.05, 4.69) is 5.32 Å². The predicted octanol–water partition coefficient (Wildman–Crippen LogP) is 2.46. The molecule has 2 saturated heterocycles. The number of aliphatic hydroxyl groups is 3. The molecule has 48 heavy (non-hydrogen) atoms. The molecule has 4 N–H and O–H groups in total. The molecular formula is C36H45NO11. The lowest BCUT2D eigenvalue weighted by Crippen LogP contribution is -2.67. The number of hydrogen-bond donors (Lipinski definition) is 4. The fourth-order valence-corrected chi connectivity index (χ4v) is 5.84. The summed E-state index contributed by atoms with van der Waals surface area (Å²) in [5, 5.41) is 34.2. The van der Waals surface area contributed by atoms with Gasteiger partial charge in [-0.2, -0.15) is 0 Å². The summed E-state index contributed by atoms with van der Waals surface area (Å²) in [5.74, 6) is 0.243. The van der Waals surface area contributed by atoms with Crippen molar-refractivity contribution in [3.8, 4) is 5.75 Å². The van der Waals surface area contributed by atoms with E-state index in [1.807, 2.05) is 91.9 Å². The monoisotopic (exact) mass is 667 g/mol. The van der Waals surface area contributed by atoms with Crippen LogP contribution in [0, 0.1) is 0 Å². The average Bonchev–Trinajstić information content (AvgIpc) is 3.10. The van der Waals surface area contributed by atoms with Gasteiger partial charge in [0.15, 0.2) is 12.6 Å². The lowest BCUT2D eigenvalue weighted by Gasteiger charge is -2.48. The Hall–Kier alpha value is -3.43. The minimum Gasteiger partial charge on any atom is -0.497 e. The van der Waals surface area contributed by atoms with Crippen LogP contribution in [0.4, 0.5) is 0 Å². The molecule has 10 atom stereocenters. The Balaban J connectivity index is 1.47. The van der Waals surface area contributed by atoms with Crippen LogP contribution < -0.4 is 10.1 Å². The molecule has 3 aromatic carbocycles. The molecule has 12 heteroatoms. The van der Waals surface area contributed by atoms with E-state index < -0.39 is 73.9 Å². The fraction of sp³-hybridized carbons (Fsp3) is 0.472. The summed E-state index contributed by atoms with van der Waals surface area (Å²) in [5.41, 5.74) is 2.69. The third-order valence-corrected chi connectivity index (χ3v) is 8.41. The van der Waals surface area contributed by atoms with Crippen molar-refractivity contribution in [1.82, 2.24) is 5.32 Å². The maximum atomic E-state index is 12.2. The first-order chi connectivity index (χ1) is 23.3. The highest BCUT2D eigenvalue weighted by molar-refractivity contribution is 5.73. The van der Waals surface area contributed by atoms with Gasteiger partial charge >= 0.3 is 0 Å². The Kier molecular flexibility index (Phi) is 12.9. The highest BCUT2D eigenvalue weighted by atomic mass is 16.7. The fourth-order valence-electron chi connectivity index (χ4n) is 5.84. The van der Waals surface area contributed by atoms with Crippen molar-refractivity contribution in [3.05, 3.63) is 102 Å². The summed E-state index contributed by atoms with van der Waals surface area (Å²) in [6, 6.07) is 25.5. The number of aliphatic hydroxyl groups excluding tert-OH is 3.